The van der Waals surface area contributed by atoms with E-state index < -0.39 is 0 Å². The van der Waals surface area contributed by atoms with E-state index in [1.54, 1.807) is 0 Å². The highest BCUT2D eigenvalue weighted by atomic mass is 15.2. The van der Waals surface area contributed by atoms with Crippen LogP contribution < -0.4 is 11.3 Å². The molecule has 0 spiro atoms. The van der Waals surface area contributed by atoms with Crippen LogP contribution in [-0.2, 0) is 0 Å². The van der Waals surface area contributed by atoms with Crippen molar-refractivity contribution in [2.24, 2.45) is 17.7 Å². The maximum atomic E-state index is 5.47. The van der Waals surface area contributed by atoms with Gasteiger partial charge in [0, 0.05) is 6.04 Å². The molecule has 2 fully saturated rings. The van der Waals surface area contributed by atoms with Crippen molar-refractivity contribution >= 4 is 0 Å². The van der Waals surface area contributed by atoms with Crippen LogP contribution in [0.15, 0.2) is 0 Å². The van der Waals surface area contributed by atoms with Gasteiger partial charge >= 0.3 is 0 Å². The standard InChI is InChI=1S/C9H18N2/c10-11-9(5-7-1-2-7)6-8-3-4-8/h7-9,11H,1-6,10H2. The average molecular weight is 154 g/mol. The van der Waals surface area contributed by atoms with Crippen molar-refractivity contribution < 1.29 is 0 Å². The molecule has 0 aromatic carbocycles. The third kappa shape index (κ3) is 2.46. The van der Waals surface area contributed by atoms with Gasteiger partial charge in [0.25, 0.3) is 0 Å². The molecule has 0 unspecified atom stereocenters. The Morgan fingerprint density at radius 1 is 1.09 bits per heavy atom. The molecule has 2 heteroatoms. The predicted molar refractivity (Wildman–Crippen MR) is 45.8 cm³/mol. The van der Waals surface area contributed by atoms with Crippen molar-refractivity contribution in [1.82, 2.24) is 5.43 Å². The molecule has 0 aromatic heterocycles. The van der Waals surface area contributed by atoms with Gasteiger partial charge in [-0.15, -0.1) is 0 Å². The number of hydrazine groups is 1. The van der Waals surface area contributed by atoms with E-state index in [-0.39, 0.29) is 0 Å². The normalized spacial score (nSPS) is 24.5. The quantitative estimate of drug-likeness (QED) is 0.464. The third-order valence-electron chi connectivity index (χ3n) is 2.87. The second kappa shape index (κ2) is 3.11. The Hall–Kier alpha value is -0.0800. The first-order chi connectivity index (χ1) is 5.38. The molecule has 11 heavy (non-hydrogen) atoms. The first kappa shape index (κ1) is 7.56. The molecule has 2 aliphatic rings. The largest absolute Gasteiger partial charge is 0.271 e. The first-order valence-corrected chi connectivity index (χ1v) is 4.84. The van der Waals surface area contributed by atoms with Crippen LogP contribution >= 0.6 is 0 Å². The van der Waals surface area contributed by atoms with Gasteiger partial charge in [-0.2, -0.15) is 0 Å². The van der Waals surface area contributed by atoms with Gasteiger partial charge in [0.2, 0.25) is 0 Å². The Morgan fingerprint density at radius 2 is 1.55 bits per heavy atom. The molecule has 64 valence electrons. The molecule has 0 aliphatic heterocycles. The Bertz CT molecular complexity index is 114. The summed E-state index contributed by atoms with van der Waals surface area (Å²) in [5, 5.41) is 0. The highest BCUT2D eigenvalue weighted by Gasteiger charge is 2.29. The smallest absolute Gasteiger partial charge is 0.0215 e. The fourth-order valence-electron chi connectivity index (χ4n) is 1.74. The fourth-order valence-corrected chi connectivity index (χ4v) is 1.74. The Kier molecular flexibility index (Phi) is 2.14. The average Bonchev–Trinajstić information content (AvgIpc) is 2.78. The third-order valence-corrected chi connectivity index (χ3v) is 2.87. The number of nitrogens with one attached hydrogen (secondary N) is 1. The molecule has 0 saturated heterocycles. The summed E-state index contributed by atoms with van der Waals surface area (Å²) in [5.74, 6) is 7.49. The summed E-state index contributed by atoms with van der Waals surface area (Å²) >= 11 is 0. The van der Waals surface area contributed by atoms with Crippen LogP contribution in [0.25, 0.3) is 0 Å². The van der Waals surface area contributed by atoms with Crippen LogP contribution in [0, 0.1) is 11.8 Å². The first-order valence-electron chi connectivity index (χ1n) is 4.84. The molecular formula is C9H18N2. The molecule has 0 amide bonds. The summed E-state index contributed by atoms with van der Waals surface area (Å²) in [6.07, 6.45) is 8.44. The SMILES string of the molecule is NNC(CC1CC1)CC1CC1. The fraction of sp³-hybridized carbons (Fsp3) is 1.00. The highest BCUT2D eigenvalue weighted by molar-refractivity contribution is 4.84. The van der Waals surface area contributed by atoms with Gasteiger partial charge in [0.05, 0.1) is 0 Å². The van der Waals surface area contributed by atoms with Gasteiger partial charge in [-0.1, -0.05) is 25.7 Å². The molecule has 2 rings (SSSR count). The van der Waals surface area contributed by atoms with Crippen molar-refractivity contribution in [1.29, 1.82) is 0 Å². The van der Waals surface area contributed by atoms with E-state index in [2.05, 4.69) is 5.43 Å². The number of hydrogen-bond acceptors (Lipinski definition) is 2. The summed E-state index contributed by atoms with van der Waals surface area (Å²) in [7, 11) is 0. The summed E-state index contributed by atoms with van der Waals surface area (Å²) in [4.78, 5) is 0. The summed E-state index contributed by atoms with van der Waals surface area (Å²) in [6.45, 7) is 0. The summed E-state index contributed by atoms with van der Waals surface area (Å²) < 4.78 is 0. The molecular weight excluding hydrogens is 136 g/mol. The number of nitrogens with two attached hydrogens (primary N) is 1. The number of hydrogen-bond donors (Lipinski definition) is 2. The van der Waals surface area contributed by atoms with Gasteiger partial charge in [-0.3, -0.25) is 11.3 Å². The van der Waals surface area contributed by atoms with Crippen molar-refractivity contribution in [3.63, 3.8) is 0 Å². The molecule has 0 atom stereocenters. The van der Waals surface area contributed by atoms with Crippen molar-refractivity contribution in [3.05, 3.63) is 0 Å². The lowest BCUT2D eigenvalue weighted by Crippen LogP contribution is -2.35. The molecule has 0 aromatic rings. The van der Waals surface area contributed by atoms with E-state index in [0.29, 0.717) is 6.04 Å². The molecule has 0 bridgehead atoms. The van der Waals surface area contributed by atoms with E-state index in [9.17, 15) is 0 Å². The monoisotopic (exact) mass is 154 g/mol. The maximum absolute atomic E-state index is 5.47. The lowest BCUT2D eigenvalue weighted by Gasteiger charge is -2.14. The zero-order chi connectivity index (χ0) is 7.68. The number of rotatable bonds is 5. The Labute approximate surface area is 68.5 Å². The molecule has 3 N–H and O–H groups in total. The minimum absolute atomic E-state index is 0.620. The lowest BCUT2D eigenvalue weighted by molar-refractivity contribution is 0.422. The van der Waals surface area contributed by atoms with Crippen LogP contribution in [0.1, 0.15) is 38.5 Å². The molecule has 2 saturated carbocycles. The van der Waals surface area contributed by atoms with Crippen molar-refractivity contribution in [2.45, 2.75) is 44.6 Å². The minimum atomic E-state index is 0.620. The topological polar surface area (TPSA) is 38.0 Å². The maximum Gasteiger partial charge on any atom is 0.0215 e. The predicted octanol–water partition coefficient (Wildman–Crippen LogP) is 1.42. The summed E-state index contributed by atoms with van der Waals surface area (Å²) in [5.41, 5.74) is 2.94. The Morgan fingerprint density at radius 3 is 1.82 bits per heavy atom. The van der Waals surface area contributed by atoms with Gasteiger partial charge in [0.15, 0.2) is 0 Å². The van der Waals surface area contributed by atoms with Crippen LogP contribution in [0.3, 0.4) is 0 Å². The van der Waals surface area contributed by atoms with Gasteiger partial charge in [-0.05, 0) is 24.7 Å². The van der Waals surface area contributed by atoms with Crippen LogP contribution in [0.4, 0.5) is 0 Å². The lowest BCUT2D eigenvalue weighted by atomic mass is 10.1. The molecule has 0 radical (unpaired) electrons. The minimum Gasteiger partial charge on any atom is -0.271 e. The summed E-state index contributed by atoms with van der Waals surface area (Å²) in [6, 6.07) is 0.620. The second-order valence-electron chi connectivity index (χ2n) is 4.22. The van der Waals surface area contributed by atoms with Gasteiger partial charge in [0.1, 0.15) is 0 Å². The Balaban J connectivity index is 1.65. The molecule has 2 aliphatic carbocycles. The van der Waals surface area contributed by atoms with Gasteiger partial charge < -0.3 is 0 Å². The van der Waals surface area contributed by atoms with Gasteiger partial charge in [-0.25, -0.2) is 0 Å². The van der Waals surface area contributed by atoms with Crippen molar-refractivity contribution in [3.8, 4) is 0 Å². The highest BCUT2D eigenvalue weighted by Crippen LogP contribution is 2.38. The van der Waals surface area contributed by atoms with E-state index >= 15 is 0 Å². The van der Waals surface area contributed by atoms with Crippen LogP contribution in [0.5, 0.6) is 0 Å². The van der Waals surface area contributed by atoms with Crippen molar-refractivity contribution in [2.75, 3.05) is 0 Å². The molecule has 0 heterocycles. The van der Waals surface area contributed by atoms with Crippen LogP contribution in [0.2, 0.25) is 0 Å². The molecule has 2 nitrogen and oxygen atoms in total. The van der Waals surface area contributed by atoms with E-state index in [0.717, 1.165) is 11.8 Å². The van der Waals surface area contributed by atoms with E-state index in [1.807, 2.05) is 0 Å². The second-order valence-corrected chi connectivity index (χ2v) is 4.22. The zero-order valence-electron chi connectivity index (χ0n) is 7.05. The van der Waals surface area contributed by atoms with E-state index in [1.165, 1.54) is 38.5 Å². The van der Waals surface area contributed by atoms with E-state index in [4.69, 9.17) is 5.84 Å². The van der Waals surface area contributed by atoms with Crippen LogP contribution in [-0.4, -0.2) is 6.04 Å². The zero-order valence-corrected chi connectivity index (χ0v) is 7.05.